The number of ether oxygens (including phenoxy) is 1. The summed E-state index contributed by atoms with van der Waals surface area (Å²) in [6.45, 7) is 5.61. The fraction of sp³-hybridized carbons (Fsp3) is 0.200. The quantitative estimate of drug-likeness (QED) is 0.800. The highest BCUT2D eigenvalue weighted by Gasteiger charge is 2.16. The normalized spacial score (nSPS) is 11.1. The fourth-order valence-corrected chi connectivity index (χ4v) is 1.75. The van der Waals surface area contributed by atoms with Gasteiger partial charge in [-0.15, -0.1) is 0 Å². The molecule has 0 heterocycles. The minimum atomic E-state index is -4.24. The largest absolute Gasteiger partial charge is 0.492 e. The molecular weight excluding hydrogens is 216 g/mol. The maximum absolute atomic E-state index is 11.0. The highest BCUT2D eigenvalue weighted by atomic mass is 32.2. The van der Waals surface area contributed by atoms with Gasteiger partial charge in [0.1, 0.15) is 10.6 Å². The highest BCUT2D eigenvalue weighted by Crippen LogP contribution is 2.25. The Morgan fingerprint density at radius 2 is 2.20 bits per heavy atom. The lowest BCUT2D eigenvalue weighted by Gasteiger charge is -2.08. The van der Waals surface area contributed by atoms with E-state index in [1.165, 1.54) is 12.1 Å². The van der Waals surface area contributed by atoms with E-state index < -0.39 is 10.1 Å². The van der Waals surface area contributed by atoms with Crippen LogP contribution in [-0.4, -0.2) is 19.6 Å². The molecular formula is C10H12O4S. The monoisotopic (exact) mass is 228 g/mol. The van der Waals surface area contributed by atoms with Crippen molar-refractivity contribution >= 4 is 16.2 Å². The summed E-state index contributed by atoms with van der Waals surface area (Å²) in [6, 6.07) is 4.34. The maximum Gasteiger partial charge on any atom is 0.298 e. The summed E-state index contributed by atoms with van der Waals surface area (Å²) in [4.78, 5) is -0.227. The van der Waals surface area contributed by atoms with Crippen LogP contribution in [0.3, 0.4) is 0 Å². The van der Waals surface area contributed by atoms with Gasteiger partial charge in [-0.1, -0.05) is 18.7 Å². The van der Waals surface area contributed by atoms with Crippen molar-refractivity contribution in [1.29, 1.82) is 0 Å². The smallest absolute Gasteiger partial charge is 0.298 e. The van der Waals surface area contributed by atoms with Crippen molar-refractivity contribution in [2.24, 2.45) is 0 Å². The number of hydrogen-bond donors (Lipinski definition) is 1. The zero-order chi connectivity index (χ0) is 11.5. The first-order valence-corrected chi connectivity index (χ1v) is 5.79. The average molecular weight is 228 g/mol. The summed E-state index contributed by atoms with van der Waals surface area (Å²) in [5, 5.41) is 0. The number of benzene rings is 1. The van der Waals surface area contributed by atoms with E-state index in [-0.39, 0.29) is 10.6 Å². The van der Waals surface area contributed by atoms with Crippen LogP contribution < -0.4 is 4.74 Å². The van der Waals surface area contributed by atoms with E-state index in [1.807, 2.05) is 0 Å². The Hall–Kier alpha value is -1.33. The molecule has 15 heavy (non-hydrogen) atoms. The lowest BCUT2D eigenvalue weighted by molar-refractivity contribution is 0.329. The standard InChI is InChI=1S/C10H12O4S/c1-3-8-5-6-10(15(11,12)13)9(7-8)14-4-2/h3,5-7H,1,4H2,2H3,(H,11,12,13). The van der Waals surface area contributed by atoms with Gasteiger partial charge in [-0.05, 0) is 24.6 Å². The average Bonchev–Trinajstić information content (AvgIpc) is 2.16. The van der Waals surface area contributed by atoms with Crippen LogP contribution >= 0.6 is 0 Å². The summed E-state index contributed by atoms with van der Waals surface area (Å²) < 4.78 is 36.0. The van der Waals surface area contributed by atoms with Gasteiger partial charge in [-0.25, -0.2) is 0 Å². The molecule has 0 bridgehead atoms. The van der Waals surface area contributed by atoms with E-state index in [0.717, 1.165) is 5.56 Å². The van der Waals surface area contributed by atoms with E-state index >= 15 is 0 Å². The maximum atomic E-state index is 11.0. The summed E-state index contributed by atoms with van der Waals surface area (Å²) in [7, 11) is -4.24. The highest BCUT2D eigenvalue weighted by molar-refractivity contribution is 7.86. The summed E-state index contributed by atoms with van der Waals surface area (Å²) >= 11 is 0. The predicted octanol–water partition coefficient (Wildman–Crippen LogP) is 1.98. The van der Waals surface area contributed by atoms with Crippen LogP contribution in [0.5, 0.6) is 5.75 Å². The molecule has 0 aliphatic carbocycles. The minimum Gasteiger partial charge on any atom is -0.492 e. The Balaban J connectivity index is 3.33. The van der Waals surface area contributed by atoms with E-state index in [4.69, 9.17) is 9.29 Å². The lowest BCUT2D eigenvalue weighted by atomic mass is 10.2. The molecule has 0 aromatic heterocycles. The molecule has 0 amide bonds. The molecule has 4 nitrogen and oxygen atoms in total. The summed E-state index contributed by atoms with van der Waals surface area (Å²) in [5.41, 5.74) is 0.728. The van der Waals surface area contributed by atoms with Crippen LogP contribution in [0.15, 0.2) is 29.7 Å². The summed E-state index contributed by atoms with van der Waals surface area (Å²) in [5.74, 6) is 0.136. The molecule has 82 valence electrons. The van der Waals surface area contributed by atoms with Crippen LogP contribution in [0, 0.1) is 0 Å². The van der Waals surface area contributed by atoms with Crippen molar-refractivity contribution in [1.82, 2.24) is 0 Å². The van der Waals surface area contributed by atoms with Gasteiger partial charge in [-0.3, -0.25) is 4.55 Å². The fourth-order valence-electron chi connectivity index (χ4n) is 1.13. The first-order chi connectivity index (χ1) is 6.99. The van der Waals surface area contributed by atoms with Gasteiger partial charge < -0.3 is 4.74 Å². The Morgan fingerprint density at radius 3 is 2.67 bits per heavy atom. The molecule has 0 aliphatic rings. The second-order valence-corrected chi connectivity index (χ2v) is 4.21. The van der Waals surface area contributed by atoms with Crippen molar-refractivity contribution in [2.45, 2.75) is 11.8 Å². The van der Waals surface area contributed by atoms with E-state index in [9.17, 15) is 8.42 Å². The number of hydrogen-bond acceptors (Lipinski definition) is 3. The zero-order valence-corrected chi connectivity index (χ0v) is 9.12. The molecule has 0 saturated heterocycles. The SMILES string of the molecule is C=Cc1ccc(S(=O)(=O)O)c(OCC)c1. The second kappa shape index (κ2) is 4.46. The molecule has 0 spiro atoms. The predicted molar refractivity (Wildman–Crippen MR) is 57.5 cm³/mol. The van der Waals surface area contributed by atoms with Gasteiger partial charge >= 0.3 is 0 Å². The van der Waals surface area contributed by atoms with Crippen LogP contribution in [0.2, 0.25) is 0 Å². The van der Waals surface area contributed by atoms with Gasteiger partial charge in [0, 0.05) is 0 Å². The van der Waals surface area contributed by atoms with Gasteiger partial charge in [0.2, 0.25) is 0 Å². The minimum absolute atomic E-state index is 0.136. The molecule has 0 aliphatic heterocycles. The van der Waals surface area contributed by atoms with Crippen LogP contribution in [-0.2, 0) is 10.1 Å². The third-order valence-electron chi connectivity index (χ3n) is 1.78. The first kappa shape index (κ1) is 11.7. The van der Waals surface area contributed by atoms with Gasteiger partial charge in [-0.2, -0.15) is 8.42 Å². The zero-order valence-electron chi connectivity index (χ0n) is 8.30. The van der Waals surface area contributed by atoms with Crippen LogP contribution in [0.1, 0.15) is 12.5 Å². The third-order valence-corrected chi connectivity index (χ3v) is 2.67. The molecule has 0 fully saturated rings. The second-order valence-electron chi connectivity index (χ2n) is 2.82. The molecule has 0 unspecified atom stereocenters. The summed E-state index contributed by atoms with van der Waals surface area (Å²) in [6.07, 6.45) is 1.57. The van der Waals surface area contributed by atoms with Crippen molar-refractivity contribution in [2.75, 3.05) is 6.61 Å². The van der Waals surface area contributed by atoms with E-state index in [0.29, 0.717) is 6.61 Å². The van der Waals surface area contributed by atoms with E-state index in [2.05, 4.69) is 6.58 Å². The molecule has 1 aromatic rings. The van der Waals surface area contributed by atoms with Gasteiger partial charge in [0.25, 0.3) is 10.1 Å². The molecule has 0 radical (unpaired) electrons. The van der Waals surface area contributed by atoms with Crippen molar-refractivity contribution in [3.8, 4) is 5.75 Å². The van der Waals surface area contributed by atoms with Crippen molar-refractivity contribution in [3.05, 3.63) is 30.3 Å². The molecule has 5 heteroatoms. The lowest BCUT2D eigenvalue weighted by Crippen LogP contribution is -2.03. The Kier molecular flexibility index (Phi) is 3.49. The number of rotatable bonds is 4. The Labute approximate surface area is 88.9 Å². The van der Waals surface area contributed by atoms with Crippen LogP contribution in [0.4, 0.5) is 0 Å². The van der Waals surface area contributed by atoms with Gasteiger partial charge in [0.15, 0.2) is 0 Å². The van der Waals surface area contributed by atoms with Crippen molar-refractivity contribution in [3.63, 3.8) is 0 Å². The van der Waals surface area contributed by atoms with Gasteiger partial charge in [0.05, 0.1) is 6.61 Å². The third kappa shape index (κ3) is 2.81. The first-order valence-electron chi connectivity index (χ1n) is 4.35. The Morgan fingerprint density at radius 1 is 1.53 bits per heavy atom. The molecule has 1 N–H and O–H groups in total. The van der Waals surface area contributed by atoms with E-state index in [1.54, 1.807) is 19.1 Å². The molecule has 1 rings (SSSR count). The Bertz CT molecular complexity index is 462. The molecule has 0 atom stereocenters. The topological polar surface area (TPSA) is 63.6 Å². The molecule has 0 saturated carbocycles. The van der Waals surface area contributed by atoms with Crippen molar-refractivity contribution < 1.29 is 17.7 Å². The molecule has 1 aromatic carbocycles. The van der Waals surface area contributed by atoms with Crippen LogP contribution in [0.25, 0.3) is 6.08 Å².